The van der Waals surface area contributed by atoms with Crippen molar-refractivity contribution in [3.05, 3.63) is 33.9 Å². The number of aliphatic hydroxyl groups excluding tert-OH is 1. The molecular formula is C25H28Cl2N8O2. The normalized spacial score (nSPS) is 25.6. The highest BCUT2D eigenvalue weighted by molar-refractivity contribution is 6.39. The van der Waals surface area contributed by atoms with Gasteiger partial charge in [-0.05, 0) is 57.1 Å². The molecule has 194 valence electrons. The summed E-state index contributed by atoms with van der Waals surface area (Å²) in [6.45, 7) is 1.91. The molecule has 37 heavy (non-hydrogen) atoms. The molecule has 2 saturated carbocycles. The van der Waals surface area contributed by atoms with Gasteiger partial charge in [-0.1, -0.05) is 30.1 Å². The molecule has 2 aliphatic rings. The van der Waals surface area contributed by atoms with E-state index in [4.69, 9.17) is 38.9 Å². The van der Waals surface area contributed by atoms with Crippen LogP contribution < -0.4 is 16.4 Å². The van der Waals surface area contributed by atoms with Gasteiger partial charge in [-0.15, -0.1) is 0 Å². The Morgan fingerprint density at radius 2 is 1.92 bits per heavy atom. The first-order valence-corrected chi connectivity index (χ1v) is 13.1. The molecule has 0 unspecified atom stereocenters. The van der Waals surface area contributed by atoms with Crippen LogP contribution in [0, 0.1) is 16.7 Å². The lowest BCUT2D eigenvalue weighted by Gasteiger charge is -2.35. The maximum absolute atomic E-state index is 12.0. The van der Waals surface area contributed by atoms with Crippen LogP contribution in [0.25, 0.3) is 11.2 Å². The average molecular weight is 543 g/mol. The van der Waals surface area contributed by atoms with Crippen LogP contribution in [0.5, 0.6) is 0 Å². The van der Waals surface area contributed by atoms with E-state index in [-0.39, 0.29) is 24.1 Å². The molecule has 0 bridgehead atoms. The number of fused-ring (bicyclic) bond motifs is 1. The number of halogens is 2. The Morgan fingerprint density at radius 1 is 1.22 bits per heavy atom. The molecule has 1 aromatic carbocycles. The van der Waals surface area contributed by atoms with Gasteiger partial charge in [-0.3, -0.25) is 9.36 Å². The summed E-state index contributed by atoms with van der Waals surface area (Å²) < 4.78 is 2.01. The highest BCUT2D eigenvalue weighted by Gasteiger charge is 2.38. The molecule has 2 aliphatic carbocycles. The van der Waals surface area contributed by atoms with Crippen molar-refractivity contribution < 1.29 is 9.90 Å². The molecule has 10 nitrogen and oxygen atoms in total. The van der Waals surface area contributed by atoms with Crippen LogP contribution >= 0.6 is 23.2 Å². The summed E-state index contributed by atoms with van der Waals surface area (Å²) >= 11 is 12.9. The molecule has 2 fully saturated rings. The van der Waals surface area contributed by atoms with Crippen LogP contribution in [-0.2, 0) is 4.79 Å². The van der Waals surface area contributed by atoms with E-state index >= 15 is 0 Å². The lowest BCUT2D eigenvalue weighted by Crippen LogP contribution is -2.38. The lowest BCUT2D eigenvalue weighted by atomic mass is 9.73. The number of anilines is 3. The Labute approximate surface area is 224 Å². The predicted molar refractivity (Wildman–Crippen MR) is 142 cm³/mol. The van der Waals surface area contributed by atoms with Gasteiger partial charge in [0.1, 0.15) is 5.52 Å². The number of hydrogen-bond donors (Lipinski definition) is 4. The van der Waals surface area contributed by atoms with Crippen molar-refractivity contribution in [2.45, 2.75) is 70.1 Å². The molecular weight excluding hydrogens is 515 g/mol. The van der Waals surface area contributed by atoms with Crippen molar-refractivity contribution in [1.29, 1.82) is 5.26 Å². The number of carbonyl (C=O) groups is 1. The molecule has 12 heteroatoms. The molecule has 0 spiro atoms. The quantitative estimate of drug-likeness (QED) is 0.349. The van der Waals surface area contributed by atoms with E-state index in [1.807, 2.05) is 17.6 Å². The van der Waals surface area contributed by atoms with E-state index in [2.05, 4.69) is 15.6 Å². The Morgan fingerprint density at radius 3 is 2.51 bits per heavy atom. The van der Waals surface area contributed by atoms with E-state index in [1.165, 1.54) is 0 Å². The summed E-state index contributed by atoms with van der Waals surface area (Å²) in [6.07, 6.45) is 6.28. The van der Waals surface area contributed by atoms with Crippen LogP contribution in [0.4, 0.5) is 17.6 Å². The van der Waals surface area contributed by atoms with Crippen molar-refractivity contribution in [3.8, 4) is 6.07 Å². The van der Waals surface area contributed by atoms with Gasteiger partial charge in [0.15, 0.2) is 5.65 Å². The number of hydrogen-bond acceptors (Lipinski definition) is 8. The number of nitriles is 1. The zero-order chi connectivity index (χ0) is 26.3. The van der Waals surface area contributed by atoms with Crippen molar-refractivity contribution >= 4 is 57.9 Å². The third-order valence-electron chi connectivity index (χ3n) is 7.60. The fourth-order valence-corrected chi connectivity index (χ4v) is 5.86. The number of aliphatic hydroxyl groups is 1. The van der Waals surface area contributed by atoms with Gasteiger partial charge in [-0.25, -0.2) is 9.97 Å². The Hall–Kier alpha value is -3.13. The Bertz CT molecular complexity index is 1370. The van der Waals surface area contributed by atoms with E-state index in [9.17, 15) is 15.2 Å². The number of rotatable bonds is 6. The van der Waals surface area contributed by atoms with Gasteiger partial charge < -0.3 is 21.5 Å². The number of imidazole rings is 1. The molecule has 3 aromatic rings. The standard InChI is InChI=1S/C25H28Cl2N8O2/c1-25(22(29)37)6-4-15(5-7-25)35-21-19(12-30-23(34-21)31-14-2-3-16(36)10-14)32-24(35)33-20-17(26)8-13(11-28)9-18(20)27/h8-9,12,14-16,36H,2-7,10H2,1H3,(H2,29,37)(H,32,33)(H,30,31,34)/t14-,15?,16-,25?/m1/s1. The second-order valence-corrected chi connectivity index (χ2v) is 11.0. The molecule has 1 amide bonds. The third kappa shape index (κ3) is 5.04. The van der Waals surface area contributed by atoms with Crippen LogP contribution in [0.15, 0.2) is 18.3 Å². The van der Waals surface area contributed by atoms with Crippen LogP contribution in [-0.4, -0.2) is 42.7 Å². The summed E-state index contributed by atoms with van der Waals surface area (Å²) in [5.74, 6) is 0.661. The minimum Gasteiger partial charge on any atom is -0.393 e. The Kier molecular flexibility index (Phi) is 6.88. The van der Waals surface area contributed by atoms with Gasteiger partial charge in [0, 0.05) is 17.5 Å². The molecule has 2 heterocycles. The van der Waals surface area contributed by atoms with Gasteiger partial charge >= 0.3 is 0 Å². The first-order chi connectivity index (χ1) is 17.7. The number of benzene rings is 1. The summed E-state index contributed by atoms with van der Waals surface area (Å²) in [5, 5.41) is 26.3. The molecule has 0 radical (unpaired) electrons. The zero-order valence-corrected chi connectivity index (χ0v) is 21.9. The number of aromatic nitrogens is 4. The van der Waals surface area contributed by atoms with Crippen LogP contribution in [0.1, 0.15) is 63.5 Å². The second-order valence-electron chi connectivity index (χ2n) is 10.2. The van der Waals surface area contributed by atoms with Gasteiger partial charge in [-0.2, -0.15) is 10.2 Å². The summed E-state index contributed by atoms with van der Waals surface area (Å²) in [6, 6.07) is 5.22. The van der Waals surface area contributed by atoms with Gasteiger partial charge in [0.05, 0.1) is 39.7 Å². The lowest BCUT2D eigenvalue weighted by molar-refractivity contribution is -0.128. The van der Waals surface area contributed by atoms with E-state index < -0.39 is 5.41 Å². The number of nitrogens with two attached hydrogens (primary N) is 1. The first kappa shape index (κ1) is 25.5. The highest BCUT2D eigenvalue weighted by Crippen LogP contribution is 2.43. The molecule has 0 saturated heterocycles. The molecule has 5 N–H and O–H groups in total. The fraction of sp³-hybridized carbons (Fsp3) is 0.480. The monoisotopic (exact) mass is 542 g/mol. The van der Waals surface area contributed by atoms with Crippen molar-refractivity contribution in [1.82, 2.24) is 19.5 Å². The summed E-state index contributed by atoms with van der Waals surface area (Å²) in [5.41, 5.74) is 7.14. The van der Waals surface area contributed by atoms with E-state index in [1.54, 1.807) is 18.3 Å². The topological polar surface area (TPSA) is 155 Å². The summed E-state index contributed by atoms with van der Waals surface area (Å²) in [4.78, 5) is 26.0. The third-order valence-corrected chi connectivity index (χ3v) is 8.19. The van der Waals surface area contributed by atoms with E-state index in [0.717, 1.165) is 12.8 Å². The predicted octanol–water partition coefficient (Wildman–Crippen LogP) is 4.68. The first-order valence-electron chi connectivity index (χ1n) is 12.3. The largest absolute Gasteiger partial charge is 0.393 e. The molecule has 0 aliphatic heterocycles. The fourth-order valence-electron chi connectivity index (χ4n) is 5.28. The van der Waals surface area contributed by atoms with Crippen molar-refractivity contribution in [2.75, 3.05) is 10.6 Å². The van der Waals surface area contributed by atoms with Gasteiger partial charge in [0.25, 0.3) is 0 Å². The van der Waals surface area contributed by atoms with Crippen LogP contribution in [0.3, 0.4) is 0 Å². The van der Waals surface area contributed by atoms with Crippen LogP contribution in [0.2, 0.25) is 10.0 Å². The van der Waals surface area contributed by atoms with Gasteiger partial charge in [0.2, 0.25) is 17.8 Å². The second kappa shape index (κ2) is 9.97. The van der Waals surface area contributed by atoms with E-state index in [0.29, 0.717) is 76.5 Å². The highest BCUT2D eigenvalue weighted by atomic mass is 35.5. The maximum Gasteiger partial charge on any atom is 0.224 e. The van der Waals surface area contributed by atoms with Crippen molar-refractivity contribution in [2.24, 2.45) is 11.1 Å². The number of nitrogens with one attached hydrogen (secondary N) is 2. The van der Waals surface area contributed by atoms with Crippen molar-refractivity contribution in [3.63, 3.8) is 0 Å². The molecule has 2 aromatic heterocycles. The minimum absolute atomic E-state index is 0.00749. The SMILES string of the molecule is CC1(C(N)=O)CCC(n2c(Nc3c(Cl)cc(C#N)cc3Cl)nc3cnc(N[C@@H]4CC[C@@H](O)C4)nc32)CC1. The smallest absolute Gasteiger partial charge is 0.224 e. The summed E-state index contributed by atoms with van der Waals surface area (Å²) in [7, 11) is 0. The number of amides is 1. The number of nitrogens with zero attached hydrogens (tertiary/aromatic N) is 5. The number of primary amides is 1. The minimum atomic E-state index is -0.550. The molecule has 2 atom stereocenters. The molecule has 5 rings (SSSR count). The average Bonchev–Trinajstić information content (AvgIpc) is 3.44. The Balaban J connectivity index is 1.54. The maximum atomic E-state index is 12.0. The number of carbonyl (C=O) groups excluding carboxylic acids is 1. The zero-order valence-electron chi connectivity index (χ0n) is 20.3.